The van der Waals surface area contributed by atoms with Crippen LogP contribution in [0, 0.1) is 0 Å². The van der Waals surface area contributed by atoms with Crippen LogP contribution in [0.3, 0.4) is 0 Å². The summed E-state index contributed by atoms with van der Waals surface area (Å²) in [7, 11) is 1.92. The van der Waals surface area contributed by atoms with Crippen molar-refractivity contribution in [1.29, 1.82) is 0 Å². The van der Waals surface area contributed by atoms with Gasteiger partial charge in [0.25, 0.3) is 0 Å². The van der Waals surface area contributed by atoms with E-state index in [1.807, 2.05) is 66.5 Å². The molecule has 0 bridgehead atoms. The SMILES string of the molecule is Cn1cc(CN2CCC(C(=O)O)(c3ccccc3)C2)c(-c2ccccc2)n1. The first-order chi connectivity index (χ1) is 13.1. The van der Waals surface area contributed by atoms with Crippen LogP contribution in [0.2, 0.25) is 0 Å². The van der Waals surface area contributed by atoms with Crippen LogP contribution in [0.1, 0.15) is 17.5 Å². The zero-order valence-corrected chi connectivity index (χ0v) is 15.4. The van der Waals surface area contributed by atoms with E-state index in [9.17, 15) is 9.90 Å². The molecule has 1 aromatic heterocycles. The van der Waals surface area contributed by atoms with Crippen molar-refractivity contribution in [2.24, 2.45) is 7.05 Å². The Morgan fingerprint density at radius 2 is 1.78 bits per heavy atom. The van der Waals surface area contributed by atoms with Crippen molar-refractivity contribution in [3.8, 4) is 11.3 Å². The summed E-state index contributed by atoms with van der Waals surface area (Å²) in [5.74, 6) is -0.745. The largest absolute Gasteiger partial charge is 0.481 e. The number of aryl methyl sites for hydroxylation is 1. The monoisotopic (exact) mass is 361 g/mol. The maximum Gasteiger partial charge on any atom is 0.315 e. The van der Waals surface area contributed by atoms with Crippen LogP contribution in [-0.2, 0) is 23.8 Å². The molecule has 3 aromatic rings. The summed E-state index contributed by atoms with van der Waals surface area (Å²) in [4.78, 5) is 14.4. The molecule has 138 valence electrons. The number of nitrogens with zero attached hydrogens (tertiary/aromatic N) is 3. The van der Waals surface area contributed by atoms with E-state index in [1.54, 1.807) is 0 Å². The Morgan fingerprint density at radius 3 is 2.44 bits per heavy atom. The fourth-order valence-electron chi connectivity index (χ4n) is 4.05. The summed E-state index contributed by atoms with van der Waals surface area (Å²) in [5.41, 5.74) is 3.22. The molecule has 2 aromatic carbocycles. The zero-order valence-electron chi connectivity index (χ0n) is 15.4. The molecule has 0 saturated carbocycles. The highest BCUT2D eigenvalue weighted by atomic mass is 16.4. The quantitative estimate of drug-likeness (QED) is 0.757. The number of carboxylic acids is 1. The van der Waals surface area contributed by atoms with Crippen LogP contribution in [0.15, 0.2) is 66.9 Å². The third-order valence-corrected chi connectivity index (χ3v) is 5.43. The number of aromatic nitrogens is 2. The molecule has 2 heterocycles. The summed E-state index contributed by atoms with van der Waals surface area (Å²) in [6.07, 6.45) is 2.65. The lowest BCUT2D eigenvalue weighted by molar-refractivity contribution is -0.143. The fraction of sp³-hybridized carbons (Fsp3) is 0.273. The second kappa shape index (κ2) is 7.00. The number of hydrogen-bond acceptors (Lipinski definition) is 3. The molecular weight excluding hydrogens is 338 g/mol. The number of likely N-dealkylation sites (tertiary alicyclic amines) is 1. The molecule has 0 aliphatic carbocycles. The van der Waals surface area contributed by atoms with E-state index in [1.165, 1.54) is 0 Å². The second-order valence-corrected chi connectivity index (χ2v) is 7.26. The van der Waals surface area contributed by atoms with Gasteiger partial charge in [-0.05, 0) is 12.0 Å². The second-order valence-electron chi connectivity index (χ2n) is 7.26. The standard InChI is InChI=1S/C22H23N3O2/c1-24-14-18(20(23-24)17-8-4-2-5-9-17)15-25-13-12-22(16-25,21(26)27)19-10-6-3-7-11-19/h2-11,14H,12-13,15-16H2,1H3,(H,26,27). The number of hydrogen-bond donors (Lipinski definition) is 1. The van der Waals surface area contributed by atoms with Gasteiger partial charge < -0.3 is 5.11 Å². The van der Waals surface area contributed by atoms with Crippen molar-refractivity contribution in [3.05, 3.63) is 78.0 Å². The maximum atomic E-state index is 12.2. The smallest absolute Gasteiger partial charge is 0.315 e. The van der Waals surface area contributed by atoms with Gasteiger partial charge in [-0.1, -0.05) is 60.7 Å². The highest BCUT2D eigenvalue weighted by molar-refractivity contribution is 5.82. The van der Waals surface area contributed by atoms with Crippen molar-refractivity contribution in [3.63, 3.8) is 0 Å². The molecule has 27 heavy (non-hydrogen) atoms. The molecule has 5 heteroatoms. The van der Waals surface area contributed by atoms with Crippen LogP contribution in [0.25, 0.3) is 11.3 Å². The Hall–Kier alpha value is -2.92. The molecule has 0 radical (unpaired) electrons. The van der Waals surface area contributed by atoms with Gasteiger partial charge in [0.1, 0.15) is 5.41 Å². The number of rotatable bonds is 5. The van der Waals surface area contributed by atoms with Crippen molar-refractivity contribution >= 4 is 5.97 Å². The first-order valence-electron chi connectivity index (χ1n) is 9.18. The molecule has 1 atom stereocenters. The van der Waals surface area contributed by atoms with Gasteiger partial charge in [0.2, 0.25) is 0 Å². The highest BCUT2D eigenvalue weighted by Crippen LogP contribution is 2.36. The Balaban J connectivity index is 1.60. The predicted molar refractivity (Wildman–Crippen MR) is 104 cm³/mol. The minimum atomic E-state index is -0.837. The van der Waals surface area contributed by atoms with Gasteiger partial charge >= 0.3 is 5.97 Å². The normalized spacial score (nSPS) is 20.0. The van der Waals surface area contributed by atoms with E-state index < -0.39 is 11.4 Å². The van der Waals surface area contributed by atoms with E-state index in [4.69, 9.17) is 0 Å². The third kappa shape index (κ3) is 3.26. The van der Waals surface area contributed by atoms with Gasteiger partial charge in [0, 0.05) is 44.0 Å². The van der Waals surface area contributed by atoms with Gasteiger partial charge in [0.15, 0.2) is 0 Å². The van der Waals surface area contributed by atoms with Crippen LogP contribution in [-0.4, -0.2) is 38.8 Å². The minimum Gasteiger partial charge on any atom is -0.481 e. The molecule has 0 amide bonds. The molecule has 1 saturated heterocycles. The summed E-state index contributed by atoms with van der Waals surface area (Å²) in [6.45, 7) is 1.96. The molecule has 1 unspecified atom stereocenters. The van der Waals surface area contributed by atoms with Crippen LogP contribution >= 0.6 is 0 Å². The number of benzene rings is 2. The van der Waals surface area contributed by atoms with Crippen LogP contribution in [0.4, 0.5) is 0 Å². The van der Waals surface area contributed by atoms with E-state index >= 15 is 0 Å². The van der Waals surface area contributed by atoms with Crippen molar-refractivity contribution in [2.75, 3.05) is 13.1 Å². The lowest BCUT2D eigenvalue weighted by Gasteiger charge is -2.25. The third-order valence-electron chi connectivity index (χ3n) is 5.43. The van der Waals surface area contributed by atoms with Crippen molar-refractivity contribution in [2.45, 2.75) is 18.4 Å². The first kappa shape index (κ1) is 17.5. The van der Waals surface area contributed by atoms with E-state index in [-0.39, 0.29) is 0 Å². The van der Waals surface area contributed by atoms with Crippen molar-refractivity contribution < 1.29 is 9.90 Å². The van der Waals surface area contributed by atoms with Crippen LogP contribution < -0.4 is 0 Å². The highest BCUT2D eigenvalue weighted by Gasteiger charge is 2.46. The fourth-order valence-corrected chi connectivity index (χ4v) is 4.05. The predicted octanol–water partition coefficient (Wildman–Crippen LogP) is 3.32. The average Bonchev–Trinajstić information content (AvgIpc) is 3.28. The Morgan fingerprint density at radius 1 is 1.11 bits per heavy atom. The summed E-state index contributed by atoms with van der Waals surface area (Å²) in [6, 6.07) is 19.7. The number of carboxylic acid groups (broad SMARTS) is 1. The molecule has 0 spiro atoms. The molecule has 1 aliphatic heterocycles. The summed E-state index contributed by atoms with van der Waals surface area (Å²) in [5, 5.41) is 14.6. The maximum absolute atomic E-state index is 12.2. The van der Waals surface area contributed by atoms with E-state index in [2.05, 4.69) is 22.1 Å². The Bertz CT molecular complexity index is 937. The molecule has 1 N–H and O–H groups in total. The minimum absolute atomic E-state index is 0.509. The molecule has 1 fully saturated rings. The Labute approximate surface area is 158 Å². The number of aliphatic carboxylic acids is 1. The van der Waals surface area contributed by atoms with E-state index in [0.29, 0.717) is 19.5 Å². The lowest BCUT2D eigenvalue weighted by Crippen LogP contribution is -2.38. The average molecular weight is 361 g/mol. The first-order valence-corrected chi connectivity index (χ1v) is 9.18. The molecule has 5 nitrogen and oxygen atoms in total. The van der Waals surface area contributed by atoms with Gasteiger partial charge in [-0.25, -0.2) is 0 Å². The number of carbonyl (C=O) groups is 1. The summed E-state index contributed by atoms with van der Waals surface area (Å²) < 4.78 is 1.83. The molecular formula is C22H23N3O2. The lowest BCUT2D eigenvalue weighted by atomic mass is 9.80. The van der Waals surface area contributed by atoms with Gasteiger partial charge in [-0.2, -0.15) is 5.10 Å². The molecule has 4 rings (SSSR count). The summed E-state index contributed by atoms with van der Waals surface area (Å²) >= 11 is 0. The Kier molecular flexibility index (Phi) is 4.54. The van der Waals surface area contributed by atoms with Gasteiger partial charge in [0.05, 0.1) is 5.69 Å². The topological polar surface area (TPSA) is 58.4 Å². The molecule has 1 aliphatic rings. The zero-order chi connectivity index (χ0) is 18.9. The van der Waals surface area contributed by atoms with Gasteiger partial charge in [-0.15, -0.1) is 0 Å². The van der Waals surface area contributed by atoms with Gasteiger partial charge in [-0.3, -0.25) is 14.4 Å². The van der Waals surface area contributed by atoms with Crippen molar-refractivity contribution in [1.82, 2.24) is 14.7 Å². The van der Waals surface area contributed by atoms with E-state index in [0.717, 1.165) is 28.9 Å². The van der Waals surface area contributed by atoms with Crippen LogP contribution in [0.5, 0.6) is 0 Å².